The minimum atomic E-state index is 0.118. The molecule has 0 radical (unpaired) electrons. The maximum absolute atomic E-state index is 12.3. The number of anilines is 2. The minimum absolute atomic E-state index is 0.118. The molecule has 5 heteroatoms. The lowest BCUT2D eigenvalue weighted by Gasteiger charge is -2.11. The maximum Gasteiger partial charge on any atom is 0.228 e. The van der Waals surface area contributed by atoms with Gasteiger partial charge in [0, 0.05) is 18.2 Å². The molecule has 4 rings (SSSR count). The third-order valence-electron chi connectivity index (χ3n) is 4.96. The van der Waals surface area contributed by atoms with E-state index in [0.29, 0.717) is 23.4 Å². The highest BCUT2D eigenvalue weighted by atomic mass is 35.5. The zero-order valence-electron chi connectivity index (χ0n) is 13.3. The Bertz CT molecular complexity index is 740. The van der Waals surface area contributed by atoms with Gasteiger partial charge in [-0.1, -0.05) is 41.9 Å². The molecule has 3 N–H and O–H groups in total. The Hall–Kier alpha value is -2.04. The van der Waals surface area contributed by atoms with Gasteiger partial charge in [-0.05, 0) is 48.7 Å². The van der Waals surface area contributed by atoms with Crippen LogP contribution in [0.15, 0.2) is 48.5 Å². The number of benzene rings is 2. The summed E-state index contributed by atoms with van der Waals surface area (Å²) in [5.74, 6) is 1.33. The van der Waals surface area contributed by atoms with Crippen molar-refractivity contribution < 1.29 is 4.79 Å². The Labute approximate surface area is 146 Å². The van der Waals surface area contributed by atoms with E-state index in [1.807, 2.05) is 36.4 Å². The summed E-state index contributed by atoms with van der Waals surface area (Å²) in [6, 6.07) is 15.8. The van der Waals surface area contributed by atoms with E-state index in [-0.39, 0.29) is 11.8 Å². The van der Waals surface area contributed by atoms with E-state index >= 15 is 0 Å². The van der Waals surface area contributed by atoms with Gasteiger partial charge in [-0.15, -0.1) is 0 Å². The molecule has 124 valence electrons. The number of nitrogens with one attached hydrogen (secondary N) is 3. The first kappa shape index (κ1) is 15.5. The molecule has 1 saturated heterocycles. The normalized spacial score (nSPS) is 24.3. The summed E-state index contributed by atoms with van der Waals surface area (Å²) in [5.41, 5.74) is 2.82. The molecular weight excluding hydrogens is 322 g/mol. The molecule has 2 aromatic carbocycles. The van der Waals surface area contributed by atoms with Crippen LogP contribution in [0, 0.1) is 17.8 Å². The molecule has 1 aliphatic heterocycles. The summed E-state index contributed by atoms with van der Waals surface area (Å²) in [7, 11) is 0. The molecule has 0 spiro atoms. The summed E-state index contributed by atoms with van der Waals surface area (Å²) in [6.45, 7) is 2.64. The van der Waals surface area contributed by atoms with Crippen LogP contribution in [0.4, 0.5) is 11.4 Å². The third kappa shape index (κ3) is 3.12. The molecule has 2 fully saturated rings. The van der Waals surface area contributed by atoms with E-state index in [1.54, 1.807) is 0 Å². The average Bonchev–Trinajstić information content (AvgIpc) is 3.08. The highest BCUT2D eigenvalue weighted by Gasteiger charge is 2.56. The first-order chi connectivity index (χ1) is 11.7. The predicted octanol–water partition coefficient (Wildman–Crippen LogP) is 3.36. The zero-order valence-corrected chi connectivity index (χ0v) is 14.0. The maximum atomic E-state index is 12.3. The van der Waals surface area contributed by atoms with Crippen molar-refractivity contribution in [3.05, 3.63) is 59.1 Å². The van der Waals surface area contributed by atoms with Crippen LogP contribution in [0.25, 0.3) is 0 Å². The number of rotatable bonds is 5. The van der Waals surface area contributed by atoms with Crippen LogP contribution in [0.2, 0.25) is 5.02 Å². The van der Waals surface area contributed by atoms with Gasteiger partial charge in [0.05, 0.1) is 10.7 Å². The van der Waals surface area contributed by atoms with Crippen LogP contribution in [-0.4, -0.2) is 19.0 Å². The monoisotopic (exact) mass is 341 g/mol. The fraction of sp³-hybridized carbons (Fsp3) is 0.316. The highest BCUT2D eigenvalue weighted by Crippen LogP contribution is 2.49. The van der Waals surface area contributed by atoms with Gasteiger partial charge in [0.25, 0.3) is 0 Å². The number of amides is 1. The van der Waals surface area contributed by atoms with Crippen LogP contribution in [0.5, 0.6) is 0 Å². The number of hydrogen-bond donors (Lipinski definition) is 3. The van der Waals surface area contributed by atoms with E-state index in [2.05, 4.69) is 28.1 Å². The second-order valence-electron chi connectivity index (χ2n) is 6.53. The summed E-state index contributed by atoms with van der Waals surface area (Å²) < 4.78 is 0. The second-order valence-corrected chi connectivity index (χ2v) is 6.94. The molecule has 1 unspecified atom stereocenters. The quantitative estimate of drug-likeness (QED) is 0.781. The van der Waals surface area contributed by atoms with Crippen LogP contribution in [0.3, 0.4) is 0 Å². The van der Waals surface area contributed by atoms with Gasteiger partial charge >= 0.3 is 0 Å². The van der Waals surface area contributed by atoms with E-state index < -0.39 is 0 Å². The van der Waals surface area contributed by atoms with E-state index in [9.17, 15) is 4.79 Å². The van der Waals surface area contributed by atoms with Crippen LogP contribution in [-0.2, 0) is 11.3 Å². The van der Waals surface area contributed by atoms with Gasteiger partial charge < -0.3 is 16.0 Å². The van der Waals surface area contributed by atoms with Crippen molar-refractivity contribution in [2.75, 3.05) is 23.7 Å². The smallest absolute Gasteiger partial charge is 0.228 e. The molecule has 1 aliphatic carbocycles. The van der Waals surface area contributed by atoms with Crippen molar-refractivity contribution in [2.45, 2.75) is 6.54 Å². The van der Waals surface area contributed by atoms with Crippen molar-refractivity contribution in [1.29, 1.82) is 0 Å². The molecule has 0 aromatic heterocycles. The Morgan fingerprint density at radius 3 is 2.58 bits per heavy atom. The molecule has 3 atom stereocenters. The summed E-state index contributed by atoms with van der Waals surface area (Å²) in [4.78, 5) is 12.3. The number of carbonyl (C=O) groups excluding carboxylic acids is 1. The van der Waals surface area contributed by atoms with Crippen molar-refractivity contribution in [3.63, 3.8) is 0 Å². The Morgan fingerprint density at radius 2 is 1.88 bits per heavy atom. The van der Waals surface area contributed by atoms with E-state index in [1.165, 1.54) is 5.56 Å². The van der Waals surface area contributed by atoms with Gasteiger partial charge in [0.1, 0.15) is 0 Å². The predicted molar refractivity (Wildman–Crippen MR) is 97.2 cm³/mol. The molecule has 1 saturated carbocycles. The SMILES string of the molecule is O=C(Nc1ccc(NCc2ccccc2)c(Cl)c1)C1[C@H]2CNC[C@@H]12. The first-order valence-electron chi connectivity index (χ1n) is 8.31. The van der Waals surface area contributed by atoms with Gasteiger partial charge in [-0.3, -0.25) is 4.79 Å². The van der Waals surface area contributed by atoms with Crippen molar-refractivity contribution in [1.82, 2.24) is 5.32 Å². The Balaban J connectivity index is 1.36. The molecule has 2 aromatic rings. The van der Waals surface area contributed by atoms with E-state index in [0.717, 1.165) is 24.5 Å². The zero-order chi connectivity index (χ0) is 16.5. The van der Waals surface area contributed by atoms with Gasteiger partial charge in [-0.25, -0.2) is 0 Å². The number of halogens is 1. The highest BCUT2D eigenvalue weighted by molar-refractivity contribution is 6.33. The van der Waals surface area contributed by atoms with Gasteiger partial charge in [0.15, 0.2) is 0 Å². The van der Waals surface area contributed by atoms with Gasteiger partial charge in [-0.2, -0.15) is 0 Å². The standard InChI is InChI=1S/C19H20ClN3O/c20-16-8-13(23-19(24)18-14-10-21-11-15(14)18)6-7-17(16)22-9-12-4-2-1-3-5-12/h1-8,14-15,18,21-22H,9-11H2,(H,23,24)/t14-,15+,18?. The van der Waals surface area contributed by atoms with Gasteiger partial charge in [0.2, 0.25) is 5.91 Å². The number of fused-ring (bicyclic) bond motifs is 1. The van der Waals surface area contributed by atoms with Crippen LogP contribution >= 0.6 is 11.6 Å². The minimum Gasteiger partial charge on any atom is -0.380 e. The summed E-state index contributed by atoms with van der Waals surface area (Å²) >= 11 is 6.35. The first-order valence-corrected chi connectivity index (χ1v) is 8.69. The lowest BCUT2D eigenvalue weighted by atomic mass is 10.2. The topological polar surface area (TPSA) is 53.2 Å². The van der Waals surface area contributed by atoms with Crippen molar-refractivity contribution in [2.24, 2.45) is 17.8 Å². The molecule has 2 aliphatic rings. The Morgan fingerprint density at radius 1 is 1.12 bits per heavy atom. The molecule has 24 heavy (non-hydrogen) atoms. The van der Waals surface area contributed by atoms with Crippen LogP contribution in [0.1, 0.15) is 5.56 Å². The number of piperidine rings is 1. The lowest BCUT2D eigenvalue weighted by Crippen LogP contribution is -2.23. The second kappa shape index (κ2) is 6.46. The third-order valence-corrected chi connectivity index (χ3v) is 5.27. The molecule has 1 amide bonds. The fourth-order valence-electron chi connectivity index (χ4n) is 3.56. The lowest BCUT2D eigenvalue weighted by molar-refractivity contribution is -0.118. The fourth-order valence-corrected chi connectivity index (χ4v) is 3.81. The molecule has 4 nitrogen and oxygen atoms in total. The van der Waals surface area contributed by atoms with Crippen molar-refractivity contribution >= 4 is 28.9 Å². The van der Waals surface area contributed by atoms with Crippen LogP contribution < -0.4 is 16.0 Å². The summed E-state index contributed by atoms with van der Waals surface area (Å²) in [5, 5.41) is 10.2. The average molecular weight is 342 g/mol. The summed E-state index contributed by atoms with van der Waals surface area (Å²) in [6.07, 6.45) is 0. The Kier molecular flexibility index (Phi) is 4.17. The largest absolute Gasteiger partial charge is 0.380 e. The molecule has 0 bridgehead atoms. The van der Waals surface area contributed by atoms with Crippen molar-refractivity contribution in [3.8, 4) is 0 Å². The van der Waals surface area contributed by atoms with E-state index in [4.69, 9.17) is 11.6 Å². The number of carbonyl (C=O) groups is 1. The number of hydrogen-bond acceptors (Lipinski definition) is 3. The molecule has 1 heterocycles. The molecular formula is C19H20ClN3O.